The van der Waals surface area contributed by atoms with Gasteiger partial charge in [-0.05, 0) is 32.0 Å². The number of carbonyl (C=O) groups excluding carboxylic acids is 2. The zero-order valence-electron chi connectivity index (χ0n) is 14.7. The van der Waals surface area contributed by atoms with E-state index in [2.05, 4.69) is 20.8 Å². The van der Waals surface area contributed by atoms with E-state index in [0.717, 1.165) is 35.2 Å². The summed E-state index contributed by atoms with van der Waals surface area (Å²) in [4.78, 5) is 24.1. The first kappa shape index (κ1) is 20.0. The van der Waals surface area contributed by atoms with Crippen LogP contribution >= 0.6 is 23.1 Å². The van der Waals surface area contributed by atoms with Gasteiger partial charge in [0.2, 0.25) is 11.0 Å². The predicted octanol–water partition coefficient (Wildman–Crippen LogP) is 4.01. The highest BCUT2D eigenvalue weighted by Gasteiger charge is 2.16. The second kappa shape index (κ2) is 8.48. The third-order valence-electron chi connectivity index (χ3n) is 3.44. The predicted molar refractivity (Wildman–Crippen MR) is 102 cm³/mol. The Hall–Kier alpha value is -2.79. The van der Waals surface area contributed by atoms with E-state index in [0.29, 0.717) is 27.5 Å². The molecule has 0 aliphatic heterocycles. The number of aryl methyl sites for hydroxylation is 2. The Morgan fingerprint density at radius 3 is 2.64 bits per heavy atom. The first-order chi connectivity index (χ1) is 13.3. The molecule has 0 atom stereocenters. The Balaban J connectivity index is 1.53. The number of amides is 2. The maximum Gasteiger partial charge on any atom is 0.261 e. The summed E-state index contributed by atoms with van der Waals surface area (Å²) in [5, 5.41) is 13.0. The van der Waals surface area contributed by atoms with Gasteiger partial charge in [0.05, 0.1) is 17.0 Å². The minimum absolute atomic E-state index is 0.0561. The summed E-state index contributed by atoms with van der Waals surface area (Å²) in [6, 6.07) is 4.51. The molecule has 0 aliphatic rings. The molecule has 11 heteroatoms. The molecule has 0 saturated carbocycles. The molecular formula is C17H14F2N4O3S2. The summed E-state index contributed by atoms with van der Waals surface area (Å²) in [7, 11) is 0. The largest absolute Gasteiger partial charge is 0.466 e. The van der Waals surface area contributed by atoms with Crippen LogP contribution in [0.25, 0.3) is 0 Å². The van der Waals surface area contributed by atoms with Crippen LogP contribution in [0.1, 0.15) is 21.9 Å². The maximum absolute atomic E-state index is 13.5. The number of aromatic nitrogens is 2. The summed E-state index contributed by atoms with van der Waals surface area (Å²) in [5.41, 5.74) is 0.297. The zero-order chi connectivity index (χ0) is 20.3. The van der Waals surface area contributed by atoms with Crippen molar-refractivity contribution < 1.29 is 22.8 Å². The average Bonchev–Trinajstić information content (AvgIpc) is 3.21. The van der Waals surface area contributed by atoms with Gasteiger partial charge in [0.15, 0.2) is 4.34 Å². The molecule has 2 N–H and O–H groups in total. The van der Waals surface area contributed by atoms with Gasteiger partial charge >= 0.3 is 0 Å². The fourth-order valence-electron chi connectivity index (χ4n) is 2.24. The van der Waals surface area contributed by atoms with Gasteiger partial charge in [-0.3, -0.25) is 14.9 Å². The number of nitrogens with one attached hydrogen (secondary N) is 2. The standard InChI is InChI=1S/C17H14F2N4O3S2/c1-8-5-11(9(2)26-8)15(25)21-16-22-23-17(28-16)27-7-14(24)20-13-4-3-10(18)6-12(13)19/h3-6H,7H2,1-2H3,(H,20,24)(H,21,22,25). The van der Waals surface area contributed by atoms with E-state index in [9.17, 15) is 18.4 Å². The van der Waals surface area contributed by atoms with Gasteiger partial charge in [0, 0.05) is 6.07 Å². The monoisotopic (exact) mass is 424 g/mol. The highest BCUT2D eigenvalue weighted by Crippen LogP contribution is 2.26. The smallest absolute Gasteiger partial charge is 0.261 e. The summed E-state index contributed by atoms with van der Waals surface area (Å²) in [6.07, 6.45) is 0. The molecule has 3 aromatic rings. The van der Waals surface area contributed by atoms with Crippen LogP contribution in [0, 0.1) is 25.5 Å². The summed E-state index contributed by atoms with van der Waals surface area (Å²) < 4.78 is 32.2. The Bertz CT molecular complexity index is 1040. The van der Waals surface area contributed by atoms with Crippen molar-refractivity contribution in [2.45, 2.75) is 18.2 Å². The lowest BCUT2D eigenvalue weighted by Gasteiger charge is -2.05. The fraction of sp³-hybridized carbons (Fsp3) is 0.176. The lowest BCUT2D eigenvalue weighted by molar-refractivity contribution is -0.113. The van der Waals surface area contributed by atoms with Gasteiger partial charge in [-0.1, -0.05) is 23.1 Å². The van der Waals surface area contributed by atoms with E-state index >= 15 is 0 Å². The van der Waals surface area contributed by atoms with Crippen molar-refractivity contribution in [2.75, 3.05) is 16.4 Å². The van der Waals surface area contributed by atoms with E-state index in [-0.39, 0.29) is 22.5 Å². The van der Waals surface area contributed by atoms with Crippen LogP contribution in [-0.2, 0) is 4.79 Å². The van der Waals surface area contributed by atoms with Crippen LogP contribution in [0.5, 0.6) is 0 Å². The van der Waals surface area contributed by atoms with E-state index in [4.69, 9.17) is 4.42 Å². The molecule has 0 aliphatic carbocycles. The molecule has 7 nitrogen and oxygen atoms in total. The molecule has 146 valence electrons. The minimum atomic E-state index is -0.857. The van der Waals surface area contributed by atoms with E-state index < -0.39 is 17.5 Å². The second-order valence-electron chi connectivity index (χ2n) is 5.62. The van der Waals surface area contributed by atoms with Crippen LogP contribution in [0.3, 0.4) is 0 Å². The third-order valence-corrected chi connectivity index (χ3v) is 5.42. The molecule has 2 amide bonds. The summed E-state index contributed by atoms with van der Waals surface area (Å²) >= 11 is 2.17. The lowest BCUT2D eigenvalue weighted by atomic mass is 10.2. The first-order valence-electron chi connectivity index (χ1n) is 7.91. The van der Waals surface area contributed by atoms with Crippen molar-refractivity contribution in [1.82, 2.24) is 10.2 Å². The number of carbonyl (C=O) groups is 2. The Kier molecular flexibility index (Phi) is 6.05. The van der Waals surface area contributed by atoms with Gasteiger partial charge in [-0.25, -0.2) is 8.78 Å². The molecule has 2 heterocycles. The molecule has 0 bridgehead atoms. The summed E-state index contributed by atoms with van der Waals surface area (Å²) in [6.45, 7) is 3.43. The number of hydrogen-bond donors (Lipinski definition) is 2. The number of thioether (sulfide) groups is 1. The average molecular weight is 424 g/mol. The van der Waals surface area contributed by atoms with Crippen molar-refractivity contribution in [3.05, 3.63) is 53.0 Å². The molecule has 0 fully saturated rings. The quantitative estimate of drug-likeness (QED) is 0.458. The van der Waals surface area contributed by atoms with Crippen LogP contribution in [0.4, 0.5) is 19.6 Å². The molecule has 3 rings (SSSR count). The summed E-state index contributed by atoms with van der Waals surface area (Å²) in [5.74, 6) is -1.37. The molecular weight excluding hydrogens is 410 g/mol. The fourth-order valence-corrected chi connectivity index (χ4v) is 3.79. The molecule has 2 aromatic heterocycles. The van der Waals surface area contributed by atoms with Crippen molar-refractivity contribution in [3.63, 3.8) is 0 Å². The Morgan fingerprint density at radius 2 is 1.96 bits per heavy atom. The highest BCUT2D eigenvalue weighted by molar-refractivity contribution is 8.01. The number of nitrogens with zero attached hydrogens (tertiary/aromatic N) is 2. The van der Waals surface area contributed by atoms with Gasteiger partial charge < -0.3 is 9.73 Å². The first-order valence-corrected chi connectivity index (χ1v) is 9.71. The molecule has 28 heavy (non-hydrogen) atoms. The van der Waals surface area contributed by atoms with Crippen LogP contribution < -0.4 is 10.6 Å². The van der Waals surface area contributed by atoms with Crippen LogP contribution in [0.15, 0.2) is 33.0 Å². The zero-order valence-corrected chi connectivity index (χ0v) is 16.3. The van der Waals surface area contributed by atoms with Crippen molar-refractivity contribution in [3.8, 4) is 0 Å². The maximum atomic E-state index is 13.5. The number of furan rings is 1. The van der Waals surface area contributed by atoms with E-state index in [1.807, 2.05) is 0 Å². The normalized spacial score (nSPS) is 10.7. The third kappa shape index (κ3) is 4.93. The molecule has 0 radical (unpaired) electrons. The van der Waals surface area contributed by atoms with Gasteiger partial charge in [0.25, 0.3) is 5.91 Å². The minimum Gasteiger partial charge on any atom is -0.466 e. The molecule has 0 spiro atoms. The Morgan fingerprint density at radius 1 is 1.18 bits per heavy atom. The van der Waals surface area contributed by atoms with Crippen LogP contribution in [0.2, 0.25) is 0 Å². The number of rotatable bonds is 6. The number of benzene rings is 1. The molecule has 0 unspecified atom stereocenters. The number of hydrogen-bond acceptors (Lipinski definition) is 7. The van der Waals surface area contributed by atoms with E-state index in [1.54, 1.807) is 19.9 Å². The van der Waals surface area contributed by atoms with Crippen molar-refractivity contribution in [1.29, 1.82) is 0 Å². The second-order valence-corrected chi connectivity index (χ2v) is 7.82. The van der Waals surface area contributed by atoms with Crippen molar-refractivity contribution in [2.24, 2.45) is 0 Å². The van der Waals surface area contributed by atoms with E-state index in [1.165, 1.54) is 0 Å². The van der Waals surface area contributed by atoms with Gasteiger partial charge in [-0.15, -0.1) is 10.2 Å². The molecule has 0 saturated heterocycles. The topological polar surface area (TPSA) is 97.1 Å². The number of halogens is 2. The van der Waals surface area contributed by atoms with Gasteiger partial charge in [0.1, 0.15) is 23.2 Å². The van der Waals surface area contributed by atoms with Gasteiger partial charge in [-0.2, -0.15) is 0 Å². The Labute approximate surface area is 166 Å². The SMILES string of the molecule is Cc1cc(C(=O)Nc2nnc(SCC(=O)Nc3ccc(F)cc3F)s2)c(C)o1. The number of anilines is 2. The highest BCUT2D eigenvalue weighted by atomic mass is 32.2. The van der Waals surface area contributed by atoms with Crippen LogP contribution in [-0.4, -0.2) is 27.8 Å². The lowest BCUT2D eigenvalue weighted by Crippen LogP contribution is -2.15. The van der Waals surface area contributed by atoms with Crippen molar-refractivity contribution >= 4 is 45.7 Å². The molecule has 1 aromatic carbocycles.